The lowest BCUT2D eigenvalue weighted by Gasteiger charge is -2.25. The summed E-state index contributed by atoms with van der Waals surface area (Å²) in [5, 5.41) is 3.15. The number of carbonyl (C=O) groups excluding carboxylic acids is 1. The molecule has 0 saturated heterocycles. The molecule has 21 heavy (non-hydrogen) atoms. The van der Waals surface area contributed by atoms with Gasteiger partial charge in [0.1, 0.15) is 0 Å². The van der Waals surface area contributed by atoms with Crippen molar-refractivity contribution in [1.29, 1.82) is 0 Å². The van der Waals surface area contributed by atoms with E-state index in [0.29, 0.717) is 18.0 Å². The minimum Gasteiger partial charge on any atom is -0.352 e. The Morgan fingerprint density at radius 3 is 2.57 bits per heavy atom. The van der Waals surface area contributed by atoms with Crippen LogP contribution in [0.3, 0.4) is 0 Å². The maximum absolute atomic E-state index is 12.1. The summed E-state index contributed by atoms with van der Waals surface area (Å²) in [6.45, 7) is 0.617. The summed E-state index contributed by atoms with van der Waals surface area (Å²) in [4.78, 5) is 12.3. The van der Waals surface area contributed by atoms with E-state index in [1.807, 2.05) is 0 Å². The number of hydrogen-bond donors (Lipinski definition) is 1. The van der Waals surface area contributed by atoms with E-state index >= 15 is 0 Å². The van der Waals surface area contributed by atoms with Crippen LogP contribution >= 0.6 is 11.6 Å². The fourth-order valence-electron chi connectivity index (χ4n) is 2.53. The van der Waals surface area contributed by atoms with E-state index in [2.05, 4.69) is 5.32 Å². The molecule has 6 heteroatoms. The molecule has 0 bridgehead atoms. The third-order valence-corrected chi connectivity index (χ3v) is 5.40. The van der Waals surface area contributed by atoms with Crippen molar-refractivity contribution in [1.82, 2.24) is 5.32 Å². The molecule has 116 valence electrons. The fraction of sp³-hybridized carbons (Fsp3) is 0.533. The summed E-state index contributed by atoms with van der Waals surface area (Å²) >= 11 is 6.06. The van der Waals surface area contributed by atoms with Crippen LogP contribution in [-0.4, -0.2) is 32.5 Å². The number of benzene rings is 1. The molecule has 0 unspecified atom stereocenters. The monoisotopic (exact) mass is 329 g/mol. The highest BCUT2D eigenvalue weighted by Gasteiger charge is 2.20. The summed E-state index contributed by atoms with van der Waals surface area (Å²) in [6, 6.07) is 6.12. The molecule has 1 saturated carbocycles. The number of rotatable bonds is 4. The van der Waals surface area contributed by atoms with Gasteiger partial charge in [-0.3, -0.25) is 4.79 Å². The number of hydrogen-bond acceptors (Lipinski definition) is 3. The summed E-state index contributed by atoms with van der Waals surface area (Å²) in [5.74, 6) is 0.232. The molecule has 1 aliphatic carbocycles. The number of amides is 1. The topological polar surface area (TPSA) is 63.2 Å². The van der Waals surface area contributed by atoms with Gasteiger partial charge >= 0.3 is 0 Å². The lowest BCUT2D eigenvalue weighted by atomic mass is 9.89. The summed E-state index contributed by atoms with van der Waals surface area (Å²) in [7, 11) is -3.30. The molecule has 1 N–H and O–H groups in total. The maximum Gasteiger partial charge on any atom is 0.251 e. The predicted octanol–water partition coefficient (Wildman–Crippen LogP) is 2.62. The van der Waals surface area contributed by atoms with Crippen molar-refractivity contribution in [3.05, 3.63) is 29.8 Å². The molecule has 1 aromatic carbocycles. The number of carbonyl (C=O) groups is 1. The zero-order valence-electron chi connectivity index (χ0n) is 12.0. The van der Waals surface area contributed by atoms with E-state index in [1.54, 1.807) is 12.1 Å². The minimum atomic E-state index is -3.30. The van der Waals surface area contributed by atoms with Gasteiger partial charge in [-0.2, -0.15) is 0 Å². The zero-order valence-corrected chi connectivity index (χ0v) is 13.6. The van der Waals surface area contributed by atoms with Crippen molar-refractivity contribution in [3.8, 4) is 0 Å². The third kappa shape index (κ3) is 4.71. The van der Waals surface area contributed by atoms with Gasteiger partial charge in [0, 0.05) is 23.7 Å². The first-order valence-electron chi connectivity index (χ1n) is 7.08. The molecular formula is C15H20ClNO3S. The van der Waals surface area contributed by atoms with Gasteiger partial charge in [0.2, 0.25) is 0 Å². The van der Waals surface area contributed by atoms with Crippen molar-refractivity contribution >= 4 is 27.3 Å². The quantitative estimate of drug-likeness (QED) is 0.864. The van der Waals surface area contributed by atoms with Crippen molar-refractivity contribution in [2.45, 2.75) is 36.0 Å². The largest absolute Gasteiger partial charge is 0.352 e. The van der Waals surface area contributed by atoms with E-state index in [-0.39, 0.29) is 16.2 Å². The Morgan fingerprint density at radius 1 is 1.29 bits per heavy atom. The van der Waals surface area contributed by atoms with Gasteiger partial charge in [-0.1, -0.05) is 6.07 Å². The standard InChI is InChI=1S/C15H20ClNO3S/c1-21(19,20)14-4-2-3-12(9-14)15(18)17-10-11-5-7-13(16)8-6-11/h2-4,9,11,13H,5-8,10H2,1H3,(H,17,18). The van der Waals surface area contributed by atoms with E-state index in [9.17, 15) is 13.2 Å². The van der Waals surface area contributed by atoms with Crippen LogP contribution in [-0.2, 0) is 9.84 Å². The Bertz CT molecular complexity index is 607. The zero-order chi connectivity index (χ0) is 15.5. The average Bonchev–Trinajstić information content (AvgIpc) is 2.45. The van der Waals surface area contributed by atoms with Gasteiger partial charge in [-0.25, -0.2) is 8.42 Å². The number of halogens is 1. The molecule has 0 aromatic heterocycles. The molecule has 0 heterocycles. The highest BCUT2D eigenvalue weighted by Crippen LogP contribution is 2.27. The van der Waals surface area contributed by atoms with Gasteiger partial charge < -0.3 is 5.32 Å². The van der Waals surface area contributed by atoms with Crippen LogP contribution < -0.4 is 5.32 Å². The molecule has 1 amide bonds. The molecule has 0 atom stereocenters. The van der Waals surface area contributed by atoms with Gasteiger partial charge in [0.25, 0.3) is 5.91 Å². The number of sulfone groups is 1. The second-order valence-electron chi connectivity index (χ2n) is 5.63. The Hall–Kier alpha value is -1.07. The average molecular weight is 330 g/mol. The molecule has 0 radical (unpaired) electrons. The highest BCUT2D eigenvalue weighted by atomic mass is 35.5. The minimum absolute atomic E-state index is 0.165. The summed E-state index contributed by atoms with van der Waals surface area (Å²) in [5.41, 5.74) is 0.379. The van der Waals surface area contributed by atoms with E-state index in [0.717, 1.165) is 31.9 Å². The smallest absolute Gasteiger partial charge is 0.251 e. The summed E-state index contributed by atoms with van der Waals surface area (Å²) < 4.78 is 23.0. The SMILES string of the molecule is CS(=O)(=O)c1cccc(C(=O)NCC2CCC(Cl)CC2)c1. The van der Waals surface area contributed by atoms with Crippen LogP contribution in [0, 0.1) is 5.92 Å². The molecule has 1 aromatic rings. The molecule has 2 rings (SSSR count). The van der Waals surface area contributed by atoms with Crippen molar-refractivity contribution in [2.24, 2.45) is 5.92 Å². The first-order chi connectivity index (χ1) is 9.86. The molecule has 4 nitrogen and oxygen atoms in total. The van der Waals surface area contributed by atoms with E-state index in [4.69, 9.17) is 11.6 Å². The van der Waals surface area contributed by atoms with E-state index < -0.39 is 9.84 Å². The van der Waals surface area contributed by atoms with Gasteiger partial charge in [-0.05, 0) is 49.8 Å². The number of nitrogens with one attached hydrogen (secondary N) is 1. The Labute approximate surface area is 130 Å². The van der Waals surface area contributed by atoms with Crippen molar-refractivity contribution < 1.29 is 13.2 Å². The highest BCUT2D eigenvalue weighted by molar-refractivity contribution is 7.90. The van der Waals surface area contributed by atoms with E-state index in [1.165, 1.54) is 12.1 Å². The van der Waals surface area contributed by atoms with Crippen molar-refractivity contribution in [2.75, 3.05) is 12.8 Å². The second kappa shape index (κ2) is 6.79. The summed E-state index contributed by atoms with van der Waals surface area (Å²) in [6.07, 6.45) is 5.17. The van der Waals surface area contributed by atoms with Crippen LogP contribution in [0.25, 0.3) is 0 Å². The van der Waals surface area contributed by atoms with Crippen LogP contribution in [0.1, 0.15) is 36.0 Å². The Morgan fingerprint density at radius 2 is 1.95 bits per heavy atom. The molecule has 1 aliphatic rings. The maximum atomic E-state index is 12.1. The lowest BCUT2D eigenvalue weighted by Crippen LogP contribution is -2.31. The van der Waals surface area contributed by atoms with Gasteiger partial charge in [0.05, 0.1) is 4.90 Å². The molecular weight excluding hydrogens is 310 g/mol. The van der Waals surface area contributed by atoms with Crippen LogP contribution in [0.5, 0.6) is 0 Å². The first kappa shape index (κ1) is 16.3. The van der Waals surface area contributed by atoms with Gasteiger partial charge in [0.15, 0.2) is 9.84 Å². The van der Waals surface area contributed by atoms with Crippen LogP contribution in [0.15, 0.2) is 29.2 Å². The van der Waals surface area contributed by atoms with Crippen LogP contribution in [0.4, 0.5) is 0 Å². The third-order valence-electron chi connectivity index (χ3n) is 3.85. The fourth-order valence-corrected chi connectivity index (χ4v) is 3.45. The van der Waals surface area contributed by atoms with Crippen molar-refractivity contribution in [3.63, 3.8) is 0 Å². The number of alkyl halides is 1. The normalized spacial score (nSPS) is 22.8. The predicted molar refractivity (Wildman–Crippen MR) is 83.5 cm³/mol. The second-order valence-corrected chi connectivity index (χ2v) is 8.26. The molecule has 0 spiro atoms. The molecule has 0 aliphatic heterocycles. The Balaban J connectivity index is 1.95. The van der Waals surface area contributed by atoms with Gasteiger partial charge in [-0.15, -0.1) is 11.6 Å². The first-order valence-corrected chi connectivity index (χ1v) is 9.41. The molecule has 1 fully saturated rings. The lowest BCUT2D eigenvalue weighted by molar-refractivity contribution is 0.0943. The van der Waals surface area contributed by atoms with Crippen LogP contribution in [0.2, 0.25) is 0 Å². The Kier molecular flexibility index (Phi) is 5.27.